The van der Waals surface area contributed by atoms with Crippen LogP contribution >= 0.6 is 0 Å². The van der Waals surface area contributed by atoms with E-state index in [0.717, 1.165) is 23.2 Å². The maximum atomic E-state index is 12.4. The van der Waals surface area contributed by atoms with Crippen molar-refractivity contribution < 1.29 is 4.79 Å². The Morgan fingerprint density at radius 2 is 1.83 bits per heavy atom. The zero-order chi connectivity index (χ0) is 18.5. The van der Waals surface area contributed by atoms with Crippen LogP contribution in [-0.4, -0.2) is 11.4 Å². The molecule has 2 N–H and O–H groups in total. The molecule has 0 aliphatic rings. The molecule has 0 bridgehead atoms. The average molecular weight is 327 g/mol. The van der Waals surface area contributed by atoms with E-state index in [0.29, 0.717) is 0 Å². The van der Waals surface area contributed by atoms with Crippen molar-refractivity contribution in [1.82, 2.24) is 5.32 Å². The van der Waals surface area contributed by atoms with Crippen molar-refractivity contribution in [1.29, 1.82) is 5.26 Å². The molecule has 0 unspecified atom stereocenters. The summed E-state index contributed by atoms with van der Waals surface area (Å²) in [4.78, 5) is 12.4. The highest BCUT2D eigenvalue weighted by Gasteiger charge is 2.24. The molecule has 0 saturated heterocycles. The summed E-state index contributed by atoms with van der Waals surface area (Å²) in [5.41, 5.74) is 2.84. The number of hydrogen-bond acceptors (Lipinski definition) is 3. The number of amides is 1. The van der Waals surface area contributed by atoms with Gasteiger partial charge in [0.05, 0.1) is 0 Å². The summed E-state index contributed by atoms with van der Waals surface area (Å²) in [5.74, 6) is -0.398. The highest BCUT2D eigenvalue weighted by Crippen LogP contribution is 2.27. The molecule has 0 heterocycles. The van der Waals surface area contributed by atoms with E-state index in [9.17, 15) is 10.1 Å². The molecule has 0 saturated carbocycles. The number of nitrogens with zero attached hydrogens (tertiary/aromatic N) is 1. The summed E-state index contributed by atoms with van der Waals surface area (Å²) in [7, 11) is 0. The van der Waals surface area contributed by atoms with E-state index < -0.39 is 5.91 Å². The molecule has 0 fully saturated rings. The summed E-state index contributed by atoms with van der Waals surface area (Å²) in [6.07, 6.45) is 2.43. The Balaban J connectivity index is 2.87. The number of carbonyl (C=O) groups excluding carboxylic acids is 1. The van der Waals surface area contributed by atoms with Crippen LogP contribution in [-0.2, 0) is 4.79 Å². The van der Waals surface area contributed by atoms with Gasteiger partial charge in [0.15, 0.2) is 0 Å². The summed E-state index contributed by atoms with van der Waals surface area (Å²) in [5, 5.41) is 15.3. The van der Waals surface area contributed by atoms with E-state index >= 15 is 0 Å². The zero-order valence-corrected chi connectivity index (χ0v) is 15.9. The molecule has 4 heteroatoms. The molecule has 1 aromatic carbocycles. The smallest absolute Gasteiger partial charge is 0.267 e. The SMILES string of the molecule is Cc1cccc(NC(=O)/C(C#N)=C\NC(C)(C)CC(C)(C)C)c1C. The fraction of sp³-hybridized carbons (Fsp3) is 0.500. The third-order valence-electron chi connectivity index (χ3n) is 3.80. The third kappa shape index (κ3) is 6.08. The average Bonchev–Trinajstić information content (AvgIpc) is 2.41. The second-order valence-corrected chi connectivity index (χ2v) is 8.14. The number of carbonyl (C=O) groups is 1. The molecule has 1 amide bonds. The van der Waals surface area contributed by atoms with Gasteiger partial charge in [0, 0.05) is 17.4 Å². The lowest BCUT2D eigenvalue weighted by molar-refractivity contribution is -0.112. The van der Waals surface area contributed by atoms with E-state index in [-0.39, 0.29) is 16.5 Å². The van der Waals surface area contributed by atoms with Crippen LogP contribution in [0, 0.1) is 30.6 Å². The number of hydrogen-bond donors (Lipinski definition) is 2. The van der Waals surface area contributed by atoms with Gasteiger partial charge in [-0.05, 0) is 56.7 Å². The van der Waals surface area contributed by atoms with E-state index in [4.69, 9.17) is 0 Å². The Morgan fingerprint density at radius 3 is 2.38 bits per heavy atom. The van der Waals surface area contributed by atoms with Gasteiger partial charge in [-0.15, -0.1) is 0 Å². The fourth-order valence-electron chi connectivity index (χ4n) is 2.87. The van der Waals surface area contributed by atoms with Crippen LogP contribution in [0.4, 0.5) is 5.69 Å². The minimum Gasteiger partial charge on any atom is -0.385 e. The van der Waals surface area contributed by atoms with E-state index in [1.807, 2.05) is 38.1 Å². The third-order valence-corrected chi connectivity index (χ3v) is 3.80. The lowest BCUT2D eigenvalue weighted by Gasteiger charge is -2.33. The van der Waals surface area contributed by atoms with Crippen LogP contribution < -0.4 is 10.6 Å². The molecule has 0 radical (unpaired) electrons. The molecule has 0 atom stereocenters. The first-order valence-electron chi connectivity index (χ1n) is 8.21. The van der Waals surface area contributed by atoms with Crippen molar-refractivity contribution in [2.75, 3.05) is 5.32 Å². The Morgan fingerprint density at radius 1 is 1.21 bits per heavy atom. The molecule has 0 aliphatic heterocycles. The molecule has 0 aliphatic carbocycles. The molecule has 0 aromatic heterocycles. The minimum absolute atomic E-state index is 0.0675. The largest absolute Gasteiger partial charge is 0.385 e. The first-order valence-corrected chi connectivity index (χ1v) is 8.21. The van der Waals surface area contributed by atoms with Gasteiger partial charge in [0.2, 0.25) is 0 Å². The number of benzene rings is 1. The maximum Gasteiger partial charge on any atom is 0.267 e. The van der Waals surface area contributed by atoms with Gasteiger partial charge >= 0.3 is 0 Å². The van der Waals surface area contributed by atoms with Gasteiger partial charge < -0.3 is 10.6 Å². The number of nitriles is 1. The van der Waals surface area contributed by atoms with E-state index in [1.54, 1.807) is 0 Å². The maximum absolute atomic E-state index is 12.4. The molecule has 130 valence electrons. The molecule has 0 spiro atoms. The number of rotatable bonds is 5. The molecule has 4 nitrogen and oxygen atoms in total. The highest BCUT2D eigenvalue weighted by molar-refractivity contribution is 6.06. The Labute approximate surface area is 146 Å². The van der Waals surface area contributed by atoms with Crippen molar-refractivity contribution in [3.8, 4) is 6.07 Å². The van der Waals surface area contributed by atoms with Crippen LogP contribution in [0.2, 0.25) is 0 Å². The predicted octanol–water partition coefficient (Wildman–Crippen LogP) is 4.45. The number of anilines is 1. The minimum atomic E-state index is -0.398. The standard InChI is InChI=1S/C20H29N3O/c1-14-9-8-10-17(15(14)2)23-18(24)16(11-21)12-22-20(6,7)13-19(3,4)5/h8-10,12,22H,13H2,1-7H3,(H,23,24)/b16-12-. The van der Waals surface area contributed by atoms with Gasteiger partial charge in [0.25, 0.3) is 5.91 Å². The second kappa shape index (κ2) is 7.53. The van der Waals surface area contributed by atoms with Crippen LogP contribution in [0.15, 0.2) is 30.0 Å². The zero-order valence-electron chi connectivity index (χ0n) is 15.9. The van der Waals surface area contributed by atoms with Crippen molar-refractivity contribution in [3.63, 3.8) is 0 Å². The van der Waals surface area contributed by atoms with Crippen molar-refractivity contribution in [2.45, 2.75) is 60.4 Å². The van der Waals surface area contributed by atoms with Gasteiger partial charge in [-0.2, -0.15) is 5.26 Å². The van der Waals surface area contributed by atoms with Crippen LogP contribution in [0.1, 0.15) is 52.2 Å². The number of aryl methyl sites for hydroxylation is 1. The predicted molar refractivity (Wildman–Crippen MR) is 99.5 cm³/mol. The summed E-state index contributed by atoms with van der Waals surface area (Å²) in [6.45, 7) is 14.6. The van der Waals surface area contributed by atoms with Crippen LogP contribution in [0.5, 0.6) is 0 Å². The van der Waals surface area contributed by atoms with Gasteiger partial charge in [0.1, 0.15) is 11.6 Å². The quantitative estimate of drug-likeness (QED) is 0.620. The topological polar surface area (TPSA) is 64.9 Å². The molecular formula is C20H29N3O. The van der Waals surface area contributed by atoms with Crippen molar-refractivity contribution in [3.05, 3.63) is 41.1 Å². The summed E-state index contributed by atoms with van der Waals surface area (Å²) >= 11 is 0. The Kier molecular flexibility index (Phi) is 6.20. The van der Waals surface area contributed by atoms with Crippen molar-refractivity contribution in [2.24, 2.45) is 5.41 Å². The molecule has 24 heavy (non-hydrogen) atoms. The Bertz CT molecular complexity index is 673. The summed E-state index contributed by atoms with van der Waals surface area (Å²) < 4.78 is 0. The molecule has 1 aromatic rings. The fourth-order valence-corrected chi connectivity index (χ4v) is 2.87. The van der Waals surface area contributed by atoms with Gasteiger partial charge in [-0.25, -0.2) is 0 Å². The number of nitrogens with one attached hydrogen (secondary N) is 2. The molecule has 1 rings (SSSR count). The normalized spacial score (nSPS) is 12.5. The summed E-state index contributed by atoms with van der Waals surface area (Å²) in [6, 6.07) is 7.69. The lowest BCUT2D eigenvalue weighted by Crippen LogP contribution is -2.39. The second-order valence-electron chi connectivity index (χ2n) is 8.14. The first kappa shape index (κ1) is 19.8. The van der Waals surface area contributed by atoms with E-state index in [1.165, 1.54) is 6.20 Å². The van der Waals surface area contributed by atoms with Gasteiger partial charge in [-0.3, -0.25) is 4.79 Å². The monoisotopic (exact) mass is 327 g/mol. The molecular weight excluding hydrogens is 298 g/mol. The van der Waals surface area contributed by atoms with Crippen molar-refractivity contribution >= 4 is 11.6 Å². The van der Waals surface area contributed by atoms with E-state index in [2.05, 4.69) is 45.3 Å². The Hall–Kier alpha value is -2.28. The first-order chi connectivity index (χ1) is 10.9. The lowest BCUT2D eigenvalue weighted by atomic mass is 9.82. The van der Waals surface area contributed by atoms with Crippen LogP contribution in [0.25, 0.3) is 0 Å². The highest BCUT2D eigenvalue weighted by atomic mass is 16.1. The van der Waals surface area contributed by atoms with Gasteiger partial charge in [-0.1, -0.05) is 32.9 Å². The van der Waals surface area contributed by atoms with Crippen LogP contribution in [0.3, 0.4) is 0 Å².